The van der Waals surface area contributed by atoms with Gasteiger partial charge in [0.1, 0.15) is 0 Å². The fourth-order valence-corrected chi connectivity index (χ4v) is 3.70. The van der Waals surface area contributed by atoms with Crippen molar-refractivity contribution in [3.63, 3.8) is 0 Å². The fourth-order valence-electron chi connectivity index (χ4n) is 3.70. The number of nitrogens with zero attached hydrogens (tertiary/aromatic N) is 3. The number of fused-ring (bicyclic) bond motifs is 1. The molecular formula is C22H24N4O2. The highest BCUT2D eigenvalue weighted by Crippen LogP contribution is 2.31. The largest absolute Gasteiger partial charge is 0.377 e. The molecule has 3 heterocycles. The van der Waals surface area contributed by atoms with E-state index >= 15 is 0 Å². The molecule has 0 unspecified atom stereocenters. The second-order valence-corrected chi connectivity index (χ2v) is 7.02. The molecule has 4 rings (SSSR count). The van der Waals surface area contributed by atoms with Gasteiger partial charge in [-0.25, -0.2) is 0 Å². The van der Waals surface area contributed by atoms with E-state index in [1.54, 1.807) is 24.5 Å². The van der Waals surface area contributed by atoms with E-state index in [1.807, 2.05) is 32.0 Å². The van der Waals surface area contributed by atoms with Crippen LogP contribution in [0.5, 0.6) is 0 Å². The number of hydrogen-bond acceptors (Lipinski definition) is 5. The molecule has 0 radical (unpaired) electrons. The molecule has 0 spiro atoms. The van der Waals surface area contributed by atoms with Crippen LogP contribution in [0.1, 0.15) is 29.4 Å². The molecule has 1 saturated heterocycles. The molecular weight excluding hydrogens is 352 g/mol. The van der Waals surface area contributed by atoms with Crippen LogP contribution in [0.25, 0.3) is 10.9 Å². The van der Waals surface area contributed by atoms with E-state index in [0.29, 0.717) is 5.56 Å². The van der Waals surface area contributed by atoms with Crippen LogP contribution in [0, 0.1) is 6.92 Å². The number of ether oxygens (including phenoxy) is 1. The molecule has 1 aliphatic rings. The minimum atomic E-state index is -0.181. The molecule has 1 N–H and O–H groups in total. The summed E-state index contributed by atoms with van der Waals surface area (Å²) in [5.41, 5.74) is 4.25. The predicted octanol–water partition coefficient (Wildman–Crippen LogP) is 3.81. The number of rotatable bonds is 5. The number of nitrogens with one attached hydrogen (secondary N) is 1. The van der Waals surface area contributed by atoms with Crippen molar-refractivity contribution in [3.8, 4) is 0 Å². The Kier molecular flexibility index (Phi) is 5.21. The number of aryl methyl sites for hydroxylation is 1. The maximum Gasteiger partial charge on any atom is 0.257 e. The van der Waals surface area contributed by atoms with Gasteiger partial charge in [0.25, 0.3) is 5.91 Å². The lowest BCUT2D eigenvalue weighted by Crippen LogP contribution is -2.23. The summed E-state index contributed by atoms with van der Waals surface area (Å²) in [7, 11) is 0. The number of carbonyl (C=O) groups is 1. The molecule has 1 amide bonds. The first-order chi connectivity index (χ1) is 13.6. The van der Waals surface area contributed by atoms with Crippen molar-refractivity contribution in [1.29, 1.82) is 0 Å². The van der Waals surface area contributed by atoms with Gasteiger partial charge < -0.3 is 15.0 Å². The number of carbonyl (C=O) groups excluding carboxylic acids is 1. The van der Waals surface area contributed by atoms with Crippen LogP contribution in [0.2, 0.25) is 0 Å². The standard InChI is InChI=1S/C22H24N4O2/c1-3-28-18-8-10-26(14-18)21-11-15(2)24-20-12-17(6-7-19(20)21)25-22(27)16-5-4-9-23-13-16/h4-7,9,11-13,18H,3,8,10,14H2,1-2H3,(H,25,27)/t18-/m0/s1. The topological polar surface area (TPSA) is 67.3 Å². The van der Waals surface area contributed by atoms with E-state index in [0.717, 1.165) is 48.4 Å². The van der Waals surface area contributed by atoms with Gasteiger partial charge in [0.05, 0.1) is 17.2 Å². The van der Waals surface area contributed by atoms with E-state index in [2.05, 4.69) is 26.3 Å². The SMILES string of the molecule is CCO[C@H]1CCN(c2cc(C)nc3cc(NC(=O)c4cccnc4)ccc23)C1. The summed E-state index contributed by atoms with van der Waals surface area (Å²) < 4.78 is 5.79. The van der Waals surface area contributed by atoms with Gasteiger partial charge in [-0.1, -0.05) is 0 Å². The molecule has 144 valence electrons. The van der Waals surface area contributed by atoms with Gasteiger partial charge in [0, 0.05) is 54.5 Å². The molecule has 6 heteroatoms. The third-order valence-electron chi connectivity index (χ3n) is 4.99. The van der Waals surface area contributed by atoms with E-state index in [9.17, 15) is 4.79 Å². The van der Waals surface area contributed by atoms with Crippen LogP contribution < -0.4 is 10.2 Å². The van der Waals surface area contributed by atoms with Crippen molar-refractivity contribution >= 4 is 28.2 Å². The van der Waals surface area contributed by atoms with Gasteiger partial charge in [-0.15, -0.1) is 0 Å². The number of hydrogen-bond donors (Lipinski definition) is 1. The molecule has 3 aromatic rings. The van der Waals surface area contributed by atoms with Crippen LogP contribution >= 0.6 is 0 Å². The average molecular weight is 376 g/mol. The fraction of sp³-hybridized carbons (Fsp3) is 0.318. The molecule has 6 nitrogen and oxygen atoms in total. The van der Waals surface area contributed by atoms with Crippen LogP contribution in [-0.2, 0) is 4.74 Å². The molecule has 1 fully saturated rings. The van der Waals surface area contributed by atoms with Crippen molar-refractivity contribution in [2.75, 3.05) is 29.9 Å². The summed E-state index contributed by atoms with van der Waals surface area (Å²) in [5, 5.41) is 4.02. The van der Waals surface area contributed by atoms with Crippen LogP contribution in [0.15, 0.2) is 48.8 Å². The van der Waals surface area contributed by atoms with Crippen LogP contribution in [-0.4, -0.2) is 41.7 Å². The molecule has 1 aromatic carbocycles. The maximum atomic E-state index is 12.4. The first kappa shape index (κ1) is 18.4. The molecule has 1 aliphatic heterocycles. The Bertz CT molecular complexity index is 990. The van der Waals surface area contributed by atoms with Gasteiger partial charge in [-0.3, -0.25) is 14.8 Å². The first-order valence-electron chi connectivity index (χ1n) is 9.63. The van der Waals surface area contributed by atoms with Crippen molar-refractivity contribution in [3.05, 3.63) is 60.0 Å². The predicted molar refractivity (Wildman–Crippen MR) is 111 cm³/mol. The quantitative estimate of drug-likeness (QED) is 0.733. The zero-order valence-electron chi connectivity index (χ0n) is 16.2. The highest BCUT2D eigenvalue weighted by atomic mass is 16.5. The summed E-state index contributed by atoms with van der Waals surface area (Å²) in [6, 6.07) is 11.5. The summed E-state index contributed by atoms with van der Waals surface area (Å²) >= 11 is 0. The molecule has 1 atom stereocenters. The minimum absolute atomic E-state index is 0.181. The maximum absolute atomic E-state index is 12.4. The van der Waals surface area contributed by atoms with Gasteiger partial charge in [0.15, 0.2) is 0 Å². The molecule has 2 aromatic heterocycles. The summed E-state index contributed by atoms with van der Waals surface area (Å²) in [6.07, 6.45) is 4.52. The summed E-state index contributed by atoms with van der Waals surface area (Å²) in [4.78, 5) is 23.4. The zero-order valence-corrected chi connectivity index (χ0v) is 16.2. The normalized spacial score (nSPS) is 16.5. The Morgan fingerprint density at radius 2 is 2.21 bits per heavy atom. The third kappa shape index (κ3) is 3.82. The monoisotopic (exact) mass is 376 g/mol. The molecule has 0 aliphatic carbocycles. The van der Waals surface area contributed by atoms with E-state index in [1.165, 1.54) is 5.69 Å². The van der Waals surface area contributed by atoms with Crippen molar-refractivity contribution < 1.29 is 9.53 Å². The van der Waals surface area contributed by atoms with Gasteiger partial charge in [-0.05, 0) is 56.7 Å². The lowest BCUT2D eigenvalue weighted by atomic mass is 10.1. The van der Waals surface area contributed by atoms with Gasteiger partial charge >= 0.3 is 0 Å². The Balaban J connectivity index is 1.61. The molecule has 0 bridgehead atoms. The Hall–Kier alpha value is -2.99. The van der Waals surface area contributed by atoms with E-state index in [4.69, 9.17) is 4.74 Å². The van der Waals surface area contributed by atoms with Crippen molar-refractivity contribution in [2.24, 2.45) is 0 Å². The molecule has 28 heavy (non-hydrogen) atoms. The average Bonchev–Trinajstić information content (AvgIpc) is 3.16. The third-order valence-corrected chi connectivity index (χ3v) is 4.99. The number of amides is 1. The smallest absolute Gasteiger partial charge is 0.257 e. The minimum Gasteiger partial charge on any atom is -0.377 e. The highest BCUT2D eigenvalue weighted by molar-refractivity contribution is 6.05. The zero-order chi connectivity index (χ0) is 19.5. The number of aromatic nitrogens is 2. The number of benzene rings is 1. The Morgan fingerprint density at radius 3 is 3.00 bits per heavy atom. The number of pyridine rings is 2. The van der Waals surface area contributed by atoms with Crippen LogP contribution in [0.3, 0.4) is 0 Å². The second kappa shape index (κ2) is 7.94. The highest BCUT2D eigenvalue weighted by Gasteiger charge is 2.24. The second-order valence-electron chi connectivity index (χ2n) is 7.02. The Morgan fingerprint density at radius 1 is 1.32 bits per heavy atom. The summed E-state index contributed by atoms with van der Waals surface area (Å²) in [5.74, 6) is -0.181. The Labute approximate surface area is 164 Å². The van der Waals surface area contributed by atoms with Crippen molar-refractivity contribution in [1.82, 2.24) is 9.97 Å². The lowest BCUT2D eigenvalue weighted by Gasteiger charge is -2.21. The van der Waals surface area contributed by atoms with E-state index < -0.39 is 0 Å². The lowest BCUT2D eigenvalue weighted by molar-refractivity contribution is 0.0788. The van der Waals surface area contributed by atoms with Gasteiger partial charge in [0.2, 0.25) is 0 Å². The number of anilines is 2. The molecule has 0 saturated carbocycles. The van der Waals surface area contributed by atoms with Gasteiger partial charge in [-0.2, -0.15) is 0 Å². The van der Waals surface area contributed by atoms with Crippen molar-refractivity contribution in [2.45, 2.75) is 26.4 Å². The van der Waals surface area contributed by atoms with E-state index in [-0.39, 0.29) is 12.0 Å². The van der Waals surface area contributed by atoms with Crippen LogP contribution in [0.4, 0.5) is 11.4 Å². The summed E-state index contributed by atoms with van der Waals surface area (Å²) in [6.45, 7) is 6.65. The first-order valence-corrected chi connectivity index (χ1v) is 9.63.